The number of rotatable bonds is 4. The number of carbonyl (C=O) groups is 1. The van der Waals surface area contributed by atoms with Gasteiger partial charge < -0.3 is 0 Å². The lowest BCUT2D eigenvalue weighted by atomic mass is 10.0. The first kappa shape index (κ1) is 13.9. The Morgan fingerprint density at radius 3 is 2.74 bits per heavy atom. The van der Waals surface area contributed by atoms with E-state index in [1.165, 1.54) is 17.7 Å². The monoisotopic (exact) mass is 320 g/mol. The van der Waals surface area contributed by atoms with E-state index in [4.69, 9.17) is 0 Å². The smallest absolute Gasteiger partial charge is 0.166 e. The van der Waals surface area contributed by atoms with Crippen molar-refractivity contribution in [2.24, 2.45) is 0 Å². The second-order valence-corrected chi connectivity index (χ2v) is 5.45. The topological polar surface area (TPSA) is 17.1 Å². The highest BCUT2D eigenvalue weighted by atomic mass is 79.9. The second-order valence-electron chi connectivity index (χ2n) is 4.54. The van der Waals surface area contributed by atoms with E-state index in [1.807, 2.05) is 31.2 Å². The molecule has 0 N–H and O–H groups in total. The summed E-state index contributed by atoms with van der Waals surface area (Å²) < 4.78 is 14.3. The van der Waals surface area contributed by atoms with Gasteiger partial charge in [0.25, 0.3) is 0 Å². The van der Waals surface area contributed by atoms with E-state index in [0.717, 1.165) is 5.56 Å². The van der Waals surface area contributed by atoms with Crippen LogP contribution < -0.4 is 0 Å². The first-order valence-electron chi connectivity index (χ1n) is 6.10. The maximum atomic E-state index is 13.6. The average Bonchev–Trinajstić information content (AvgIpc) is 2.39. The van der Waals surface area contributed by atoms with Crippen LogP contribution in [0.25, 0.3) is 0 Å². The zero-order chi connectivity index (χ0) is 13.8. The third-order valence-electron chi connectivity index (χ3n) is 2.95. The fraction of sp³-hybridized carbons (Fsp3) is 0.188. The van der Waals surface area contributed by atoms with Gasteiger partial charge in [0, 0.05) is 10.9 Å². The molecular formula is C16H14BrFO. The summed E-state index contributed by atoms with van der Waals surface area (Å²) in [5.74, 6) is -0.627. The van der Waals surface area contributed by atoms with Gasteiger partial charge in [-0.25, -0.2) is 4.39 Å². The molecule has 0 radical (unpaired) electrons. The quantitative estimate of drug-likeness (QED) is 0.745. The second kappa shape index (κ2) is 6.11. The van der Waals surface area contributed by atoms with Crippen molar-refractivity contribution < 1.29 is 9.18 Å². The number of hydrogen-bond acceptors (Lipinski definition) is 1. The van der Waals surface area contributed by atoms with Crippen LogP contribution in [0.5, 0.6) is 0 Å². The molecule has 0 aromatic heterocycles. The molecule has 0 amide bonds. The molecule has 0 fully saturated rings. The Morgan fingerprint density at radius 1 is 1.21 bits per heavy atom. The first-order valence-corrected chi connectivity index (χ1v) is 6.89. The van der Waals surface area contributed by atoms with Crippen LogP contribution >= 0.6 is 15.9 Å². The van der Waals surface area contributed by atoms with Gasteiger partial charge in [0.2, 0.25) is 0 Å². The maximum Gasteiger partial charge on any atom is 0.166 e. The molecule has 0 saturated carbocycles. The minimum absolute atomic E-state index is 0.155. The van der Waals surface area contributed by atoms with E-state index in [1.54, 1.807) is 6.07 Å². The van der Waals surface area contributed by atoms with Gasteiger partial charge in [-0.15, -0.1) is 0 Å². The standard InChI is InChI=1S/C16H14BrFO/c1-11-3-2-4-12(9-11)5-8-16(19)14-10-13(17)6-7-15(14)18/h2-4,6-7,9-10H,5,8H2,1H3. The Kier molecular flexibility index (Phi) is 4.48. The van der Waals surface area contributed by atoms with Crippen LogP contribution in [0.15, 0.2) is 46.9 Å². The lowest BCUT2D eigenvalue weighted by Crippen LogP contribution is -2.04. The fourth-order valence-electron chi connectivity index (χ4n) is 1.97. The lowest BCUT2D eigenvalue weighted by Gasteiger charge is -2.04. The minimum Gasteiger partial charge on any atom is -0.294 e. The molecule has 1 nitrogen and oxygen atoms in total. The number of hydrogen-bond donors (Lipinski definition) is 0. The number of ketones is 1. The summed E-state index contributed by atoms with van der Waals surface area (Å²) in [6.07, 6.45) is 0.948. The summed E-state index contributed by atoms with van der Waals surface area (Å²) in [5, 5.41) is 0. The van der Waals surface area contributed by atoms with Gasteiger partial charge in [0.15, 0.2) is 5.78 Å². The normalized spacial score (nSPS) is 10.5. The third-order valence-corrected chi connectivity index (χ3v) is 3.45. The van der Waals surface area contributed by atoms with Crippen molar-refractivity contribution in [1.29, 1.82) is 0 Å². The molecule has 0 bridgehead atoms. The van der Waals surface area contributed by atoms with Gasteiger partial charge in [0.1, 0.15) is 5.82 Å². The number of benzene rings is 2. The molecule has 19 heavy (non-hydrogen) atoms. The molecule has 0 saturated heterocycles. The molecule has 2 aromatic carbocycles. The average molecular weight is 321 g/mol. The van der Waals surface area contributed by atoms with Gasteiger partial charge in [-0.2, -0.15) is 0 Å². The van der Waals surface area contributed by atoms with Crippen LogP contribution in [0.3, 0.4) is 0 Å². The summed E-state index contributed by atoms with van der Waals surface area (Å²) in [7, 11) is 0. The van der Waals surface area contributed by atoms with Crippen LogP contribution in [0.1, 0.15) is 27.9 Å². The minimum atomic E-state index is -0.461. The predicted molar refractivity (Wildman–Crippen MR) is 77.9 cm³/mol. The van der Waals surface area contributed by atoms with Gasteiger partial charge in [-0.1, -0.05) is 45.8 Å². The number of Topliss-reactive ketones (excluding diaryl/α,β-unsaturated/α-hetero) is 1. The Labute approximate surface area is 120 Å². The van der Waals surface area contributed by atoms with Crippen molar-refractivity contribution in [1.82, 2.24) is 0 Å². The summed E-state index contributed by atoms with van der Waals surface area (Å²) in [4.78, 5) is 12.0. The molecule has 0 heterocycles. The Hall–Kier alpha value is -1.48. The third kappa shape index (κ3) is 3.74. The Bertz CT molecular complexity index is 607. The van der Waals surface area contributed by atoms with Gasteiger partial charge in [-0.05, 0) is 37.1 Å². The zero-order valence-corrected chi connectivity index (χ0v) is 12.2. The van der Waals surface area contributed by atoms with Crippen molar-refractivity contribution in [2.75, 3.05) is 0 Å². The summed E-state index contributed by atoms with van der Waals surface area (Å²) in [6, 6.07) is 12.4. The molecule has 2 aromatic rings. The van der Waals surface area contributed by atoms with Gasteiger partial charge in [0.05, 0.1) is 5.56 Å². The van der Waals surface area contributed by atoms with Crippen LogP contribution in [0.2, 0.25) is 0 Å². The molecule has 0 unspecified atom stereocenters. The first-order chi connectivity index (χ1) is 9.06. The number of halogens is 2. The van der Waals surface area contributed by atoms with Crippen molar-refractivity contribution in [3.63, 3.8) is 0 Å². The van der Waals surface area contributed by atoms with Crippen LogP contribution in [0.4, 0.5) is 4.39 Å². The zero-order valence-electron chi connectivity index (χ0n) is 10.6. The molecule has 3 heteroatoms. The molecule has 2 rings (SSSR count). The summed E-state index contributed by atoms with van der Waals surface area (Å²) >= 11 is 3.25. The lowest BCUT2D eigenvalue weighted by molar-refractivity contribution is 0.0979. The van der Waals surface area contributed by atoms with E-state index in [-0.39, 0.29) is 11.3 Å². The molecule has 0 aliphatic rings. The van der Waals surface area contributed by atoms with Crippen molar-refractivity contribution in [3.8, 4) is 0 Å². The van der Waals surface area contributed by atoms with Crippen LogP contribution in [-0.4, -0.2) is 5.78 Å². The van der Waals surface area contributed by atoms with Gasteiger partial charge >= 0.3 is 0 Å². The Morgan fingerprint density at radius 2 is 2.00 bits per heavy atom. The molecule has 98 valence electrons. The number of aryl methyl sites for hydroxylation is 2. The highest BCUT2D eigenvalue weighted by Gasteiger charge is 2.12. The number of carbonyl (C=O) groups excluding carboxylic acids is 1. The predicted octanol–water partition coefficient (Wildman–Crippen LogP) is 4.71. The van der Waals surface area contributed by atoms with Crippen molar-refractivity contribution in [2.45, 2.75) is 19.8 Å². The SMILES string of the molecule is Cc1cccc(CCC(=O)c2cc(Br)ccc2F)c1. The van der Waals surface area contributed by atoms with Gasteiger partial charge in [-0.3, -0.25) is 4.79 Å². The van der Waals surface area contributed by atoms with E-state index in [2.05, 4.69) is 15.9 Å². The van der Waals surface area contributed by atoms with E-state index in [9.17, 15) is 9.18 Å². The largest absolute Gasteiger partial charge is 0.294 e. The molecule has 0 aliphatic carbocycles. The van der Waals surface area contributed by atoms with E-state index >= 15 is 0 Å². The highest BCUT2D eigenvalue weighted by Crippen LogP contribution is 2.18. The molecule has 0 aliphatic heterocycles. The maximum absolute atomic E-state index is 13.6. The molecule has 0 atom stereocenters. The van der Waals surface area contributed by atoms with Crippen LogP contribution in [-0.2, 0) is 6.42 Å². The molecule has 0 spiro atoms. The summed E-state index contributed by atoms with van der Waals surface area (Å²) in [6.45, 7) is 2.01. The molecular weight excluding hydrogens is 307 g/mol. The Balaban J connectivity index is 2.07. The van der Waals surface area contributed by atoms with Crippen LogP contribution in [0, 0.1) is 12.7 Å². The van der Waals surface area contributed by atoms with E-state index < -0.39 is 5.82 Å². The highest BCUT2D eigenvalue weighted by molar-refractivity contribution is 9.10. The van der Waals surface area contributed by atoms with Crippen molar-refractivity contribution >= 4 is 21.7 Å². The van der Waals surface area contributed by atoms with Crippen molar-refractivity contribution in [3.05, 3.63) is 69.4 Å². The fourth-order valence-corrected chi connectivity index (χ4v) is 2.33. The van der Waals surface area contributed by atoms with E-state index in [0.29, 0.717) is 17.3 Å². The summed E-state index contributed by atoms with van der Waals surface area (Å²) in [5.41, 5.74) is 2.42.